The Labute approximate surface area is 174 Å². The molecule has 0 radical (unpaired) electrons. The Morgan fingerprint density at radius 1 is 0.407 bits per heavy atom. The van der Waals surface area contributed by atoms with E-state index in [1.165, 1.54) is 0 Å². The molecule has 0 bridgehead atoms. The van der Waals surface area contributed by atoms with E-state index >= 15 is 0 Å². The van der Waals surface area contributed by atoms with Gasteiger partial charge in [-0.15, -0.1) is 0 Å². The molecular weight excluding hydrogens is 383 g/mol. The number of hydrogen-bond acceptors (Lipinski definition) is 1. The summed E-state index contributed by atoms with van der Waals surface area (Å²) in [5.41, 5.74) is 0. The largest absolute Gasteiger partial charge is 0.184 e. The first-order chi connectivity index (χ1) is 13.4. The second-order valence-corrected chi connectivity index (χ2v) is 5.44. The number of benzene rings is 4. The van der Waals surface area contributed by atoms with Crippen molar-refractivity contribution in [3.8, 4) is 0 Å². The molecule has 4 rings (SSSR count). The van der Waals surface area contributed by atoms with Crippen LogP contribution in [0.25, 0.3) is 0 Å². The molecule has 4 aromatic rings. The summed E-state index contributed by atoms with van der Waals surface area (Å²) >= 11 is 1.54. The zero-order valence-electron chi connectivity index (χ0n) is 14.9. The van der Waals surface area contributed by atoms with Crippen LogP contribution in [0, 0.1) is 24.3 Å². The van der Waals surface area contributed by atoms with E-state index in [-0.39, 0.29) is 5.77 Å². The van der Waals surface area contributed by atoms with Gasteiger partial charge in [0.25, 0.3) is 0 Å². The summed E-state index contributed by atoms with van der Waals surface area (Å²) in [7, 11) is 0. The topological polar surface area (TPSA) is 17.1 Å². The van der Waals surface area contributed by atoms with Crippen molar-refractivity contribution in [3.63, 3.8) is 0 Å². The number of rotatable bonds is 0. The summed E-state index contributed by atoms with van der Waals surface area (Å²) in [4.78, 5) is 0. The molecular formula is C24H20OPTi-4. The van der Waals surface area contributed by atoms with Crippen molar-refractivity contribution in [2.75, 3.05) is 0 Å². The summed E-state index contributed by atoms with van der Waals surface area (Å²) in [6, 6.07) is 50.0. The third-order valence-electron chi connectivity index (χ3n) is 2.43. The van der Waals surface area contributed by atoms with Crippen LogP contribution in [-0.2, 0) is 23.8 Å². The molecule has 0 atom stereocenters. The molecule has 135 valence electrons. The third-order valence-corrected chi connectivity index (χ3v) is 2.43. The first-order valence-corrected chi connectivity index (χ1v) is 11.0. The Balaban J connectivity index is 0.000000319. The van der Waals surface area contributed by atoms with E-state index in [1.54, 1.807) is 19.2 Å². The molecule has 0 aliphatic carbocycles. The SMILES string of the molecule is O=[P]#[Ti].[c-]1ccccc1.[c-]1ccccc1.[c-]1ccccc1.[c-]1ccccc1. The Morgan fingerprint density at radius 3 is 0.593 bits per heavy atom. The van der Waals surface area contributed by atoms with Crippen molar-refractivity contribution >= 4 is 5.77 Å². The van der Waals surface area contributed by atoms with Gasteiger partial charge >= 0.3 is 29.5 Å². The predicted molar refractivity (Wildman–Crippen MR) is 109 cm³/mol. The monoisotopic (exact) mass is 403 g/mol. The first kappa shape index (κ1) is 24.8. The van der Waals surface area contributed by atoms with Crippen molar-refractivity contribution in [3.05, 3.63) is 146 Å². The summed E-state index contributed by atoms with van der Waals surface area (Å²) < 4.78 is 8.90. The van der Waals surface area contributed by atoms with E-state index in [1.807, 2.05) is 121 Å². The molecule has 0 spiro atoms. The van der Waals surface area contributed by atoms with Gasteiger partial charge in [-0.1, -0.05) is 0 Å². The van der Waals surface area contributed by atoms with Crippen LogP contribution in [0.5, 0.6) is 0 Å². The zero-order valence-corrected chi connectivity index (χ0v) is 17.4. The van der Waals surface area contributed by atoms with Gasteiger partial charge < -0.3 is 0 Å². The molecule has 4 aromatic carbocycles. The average Bonchev–Trinajstić information content (AvgIpc) is 2.80. The fourth-order valence-corrected chi connectivity index (χ4v) is 1.37. The predicted octanol–water partition coefficient (Wildman–Crippen LogP) is 6.69. The van der Waals surface area contributed by atoms with Crippen molar-refractivity contribution in [2.45, 2.75) is 0 Å². The van der Waals surface area contributed by atoms with Gasteiger partial charge in [-0.05, 0) is 0 Å². The fourth-order valence-electron chi connectivity index (χ4n) is 1.37. The maximum absolute atomic E-state index is 8.90. The van der Waals surface area contributed by atoms with Crippen LogP contribution >= 0.6 is 5.77 Å². The first-order valence-electron chi connectivity index (χ1n) is 8.05. The van der Waals surface area contributed by atoms with Crippen molar-refractivity contribution < 1.29 is 23.8 Å². The standard InChI is InChI=1S/4C6H5.OP.Ti/c4*1-2-4-6-5-3-1;1-2;/h4*1-5H;;/q5*-1;+1. The number of hydrogen-bond donors (Lipinski definition) is 0. The van der Waals surface area contributed by atoms with Gasteiger partial charge in [0.05, 0.1) is 0 Å². The van der Waals surface area contributed by atoms with Crippen LogP contribution in [0.2, 0.25) is 0 Å². The van der Waals surface area contributed by atoms with Crippen molar-refractivity contribution in [1.29, 1.82) is 0 Å². The molecule has 0 saturated heterocycles. The van der Waals surface area contributed by atoms with E-state index in [4.69, 9.17) is 4.57 Å². The minimum absolute atomic E-state index is 0.167. The van der Waals surface area contributed by atoms with Gasteiger partial charge in [-0.25, -0.2) is 0 Å². The Kier molecular flexibility index (Phi) is 21.9. The molecule has 0 unspecified atom stereocenters. The molecule has 3 heteroatoms. The Morgan fingerprint density at radius 2 is 0.556 bits per heavy atom. The smallest absolute Gasteiger partial charge is 0.171 e. The molecule has 0 fully saturated rings. The Hall–Kier alpha value is -2.18. The van der Waals surface area contributed by atoms with Crippen LogP contribution in [0.3, 0.4) is 0 Å². The fraction of sp³-hybridized carbons (Fsp3) is 0. The maximum Gasteiger partial charge on any atom is -0.171 e. The minimum atomic E-state index is 0.167. The van der Waals surface area contributed by atoms with Crippen LogP contribution < -0.4 is 0 Å². The molecule has 1 nitrogen and oxygen atoms in total. The molecule has 0 amide bonds. The summed E-state index contributed by atoms with van der Waals surface area (Å²) in [6.07, 6.45) is 0. The van der Waals surface area contributed by atoms with Crippen LogP contribution in [0.4, 0.5) is 0 Å². The second kappa shape index (κ2) is 23.8. The third kappa shape index (κ3) is 23.8. The molecule has 0 aliphatic heterocycles. The normalized spacial score (nSPS) is 7.63. The van der Waals surface area contributed by atoms with Crippen LogP contribution in [0.15, 0.2) is 121 Å². The quantitative estimate of drug-likeness (QED) is 0.182. The average molecular weight is 403 g/mol. The zero-order chi connectivity index (χ0) is 19.7. The van der Waals surface area contributed by atoms with Gasteiger partial charge in [-0.3, -0.25) is 0 Å². The maximum atomic E-state index is 8.90. The van der Waals surface area contributed by atoms with Gasteiger partial charge in [0.15, 0.2) is 0 Å². The van der Waals surface area contributed by atoms with Crippen LogP contribution in [0.1, 0.15) is 0 Å². The van der Waals surface area contributed by atoms with Crippen molar-refractivity contribution in [1.82, 2.24) is 0 Å². The van der Waals surface area contributed by atoms with Crippen LogP contribution in [-0.4, -0.2) is 0 Å². The minimum Gasteiger partial charge on any atom is -0.184 e. The van der Waals surface area contributed by atoms with E-state index in [0.29, 0.717) is 0 Å². The van der Waals surface area contributed by atoms with Gasteiger partial charge in [-0.2, -0.15) is 146 Å². The Bertz CT molecular complexity index is 562. The molecule has 27 heavy (non-hydrogen) atoms. The molecule has 0 heterocycles. The molecule has 0 N–H and O–H groups in total. The van der Waals surface area contributed by atoms with E-state index < -0.39 is 0 Å². The van der Waals surface area contributed by atoms with E-state index in [9.17, 15) is 0 Å². The molecule has 0 aromatic heterocycles. The second-order valence-electron chi connectivity index (χ2n) is 4.40. The summed E-state index contributed by atoms with van der Waals surface area (Å²) in [6.45, 7) is 0. The molecule has 0 aliphatic rings. The molecule has 0 saturated carbocycles. The summed E-state index contributed by atoms with van der Waals surface area (Å²) in [5, 5.41) is 0. The van der Waals surface area contributed by atoms with E-state index in [2.05, 4.69) is 24.3 Å². The van der Waals surface area contributed by atoms with Gasteiger partial charge in [0, 0.05) is 0 Å². The van der Waals surface area contributed by atoms with Gasteiger partial charge in [0.1, 0.15) is 0 Å². The van der Waals surface area contributed by atoms with E-state index in [0.717, 1.165) is 0 Å². The summed E-state index contributed by atoms with van der Waals surface area (Å²) in [5.74, 6) is 0.167. The van der Waals surface area contributed by atoms with Gasteiger partial charge in [0.2, 0.25) is 0 Å². The van der Waals surface area contributed by atoms with Crippen molar-refractivity contribution in [2.24, 2.45) is 0 Å².